The molecule has 0 unspecified atom stereocenters. The normalized spacial score (nSPS) is 18.6. The van der Waals surface area contributed by atoms with Crippen LogP contribution in [0.4, 0.5) is 4.79 Å². The van der Waals surface area contributed by atoms with Crippen LogP contribution in [-0.4, -0.2) is 49.1 Å². The van der Waals surface area contributed by atoms with Gasteiger partial charge in [-0.05, 0) is 12.0 Å². The maximum Gasteiger partial charge on any atom is 0.410 e. The topological polar surface area (TPSA) is 84.9 Å². The molecule has 1 aromatic carbocycles. The van der Waals surface area contributed by atoms with Gasteiger partial charge in [0.1, 0.15) is 6.61 Å². The second-order valence-electron chi connectivity index (χ2n) is 6.79. The zero-order chi connectivity index (χ0) is 20.4. The van der Waals surface area contributed by atoms with Crippen molar-refractivity contribution in [2.75, 3.05) is 26.2 Å². The van der Waals surface area contributed by atoms with Gasteiger partial charge in [0, 0.05) is 38.9 Å². The number of rotatable bonds is 7. The Balaban J connectivity index is 1.97. The number of carbonyl (C=O) groups excluding carboxylic acids is 3. The average molecular weight is 386 g/mol. The molecule has 1 saturated heterocycles. The minimum absolute atomic E-state index is 0.134. The van der Waals surface area contributed by atoms with Crippen LogP contribution in [0.5, 0.6) is 0 Å². The van der Waals surface area contributed by atoms with Gasteiger partial charge in [-0.25, -0.2) is 4.79 Å². The number of ether oxygens (including phenoxy) is 2. The van der Waals surface area contributed by atoms with E-state index in [0.29, 0.717) is 25.9 Å². The molecule has 1 aliphatic heterocycles. The molecule has 0 aliphatic carbocycles. The molecule has 1 aliphatic rings. The molecule has 0 bridgehead atoms. The monoisotopic (exact) mass is 386 g/mol. The van der Waals surface area contributed by atoms with E-state index in [1.165, 1.54) is 11.8 Å². The summed E-state index contributed by atoms with van der Waals surface area (Å²) in [5.41, 5.74) is 0.882. The number of nitrogens with one attached hydrogen (secondary N) is 1. The summed E-state index contributed by atoms with van der Waals surface area (Å²) in [6.07, 6.45) is 5.69. The van der Waals surface area contributed by atoms with Gasteiger partial charge < -0.3 is 19.7 Å². The van der Waals surface area contributed by atoms with Crippen LogP contribution in [0.3, 0.4) is 0 Å². The lowest BCUT2D eigenvalue weighted by atomic mass is 9.89. The van der Waals surface area contributed by atoms with Gasteiger partial charge in [0.15, 0.2) is 0 Å². The van der Waals surface area contributed by atoms with E-state index >= 15 is 0 Å². The molecule has 2 atom stereocenters. The van der Waals surface area contributed by atoms with Crippen molar-refractivity contribution in [2.45, 2.75) is 26.4 Å². The predicted octanol–water partition coefficient (Wildman–Crippen LogP) is 1.96. The maximum atomic E-state index is 12.5. The van der Waals surface area contributed by atoms with Crippen LogP contribution in [-0.2, 0) is 25.7 Å². The number of likely N-dealkylation sites (tertiary alicyclic amines) is 1. The molecule has 150 valence electrons. The van der Waals surface area contributed by atoms with Crippen molar-refractivity contribution >= 4 is 18.0 Å². The summed E-state index contributed by atoms with van der Waals surface area (Å²) in [5, 5.41) is 2.79. The molecule has 28 heavy (non-hydrogen) atoms. The van der Waals surface area contributed by atoms with Crippen molar-refractivity contribution in [1.82, 2.24) is 10.2 Å². The number of benzene rings is 1. The van der Waals surface area contributed by atoms with Gasteiger partial charge in [-0.1, -0.05) is 30.3 Å². The summed E-state index contributed by atoms with van der Waals surface area (Å²) >= 11 is 0. The van der Waals surface area contributed by atoms with Crippen molar-refractivity contribution in [3.05, 3.63) is 35.9 Å². The van der Waals surface area contributed by atoms with Crippen molar-refractivity contribution < 1.29 is 23.9 Å². The molecular formula is C21H26N2O5. The van der Waals surface area contributed by atoms with Crippen LogP contribution < -0.4 is 5.32 Å². The lowest BCUT2D eigenvalue weighted by molar-refractivity contribution is -0.143. The number of piperidine rings is 1. The summed E-state index contributed by atoms with van der Waals surface area (Å²) in [5.74, 6) is 1.38. The minimum Gasteiger partial charge on any atom is -0.466 e. The van der Waals surface area contributed by atoms with Gasteiger partial charge in [-0.15, -0.1) is 12.3 Å². The van der Waals surface area contributed by atoms with Crippen LogP contribution in [0.2, 0.25) is 0 Å². The Labute approximate surface area is 165 Å². The Kier molecular flexibility index (Phi) is 8.35. The quantitative estimate of drug-likeness (QED) is 0.440. The zero-order valence-corrected chi connectivity index (χ0v) is 16.1. The van der Waals surface area contributed by atoms with Crippen molar-refractivity contribution in [3.63, 3.8) is 0 Å². The highest BCUT2D eigenvalue weighted by Gasteiger charge is 2.35. The van der Waals surface area contributed by atoms with Gasteiger partial charge in [-0.2, -0.15) is 0 Å². The summed E-state index contributed by atoms with van der Waals surface area (Å²) in [6, 6.07) is 9.37. The van der Waals surface area contributed by atoms with E-state index < -0.39 is 18.0 Å². The lowest BCUT2D eigenvalue weighted by Crippen LogP contribution is -2.49. The van der Waals surface area contributed by atoms with Crippen LogP contribution >= 0.6 is 0 Å². The molecule has 1 N–H and O–H groups in total. The van der Waals surface area contributed by atoms with Crippen LogP contribution in [0.15, 0.2) is 30.3 Å². The van der Waals surface area contributed by atoms with Crippen LogP contribution in [0.1, 0.15) is 25.3 Å². The Bertz CT molecular complexity index is 713. The highest BCUT2D eigenvalue weighted by Crippen LogP contribution is 2.23. The smallest absolute Gasteiger partial charge is 0.410 e. The maximum absolute atomic E-state index is 12.5. The average Bonchev–Trinajstić information content (AvgIpc) is 2.71. The molecule has 0 aromatic heterocycles. The van der Waals surface area contributed by atoms with Crippen LogP contribution in [0, 0.1) is 24.2 Å². The number of carbonyl (C=O) groups is 3. The molecule has 1 heterocycles. The number of hydrogen-bond donors (Lipinski definition) is 1. The van der Waals surface area contributed by atoms with Gasteiger partial charge in [0.25, 0.3) is 0 Å². The Morgan fingerprint density at radius 3 is 2.64 bits per heavy atom. The fraction of sp³-hybridized carbons (Fsp3) is 0.476. The van der Waals surface area contributed by atoms with E-state index in [9.17, 15) is 14.4 Å². The molecule has 0 saturated carbocycles. The zero-order valence-electron chi connectivity index (χ0n) is 16.1. The highest BCUT2D eigenvalue weighted by atomic mass is 16.6. The fourth-order valence-electron chi connectivity index (χ4n) is 3.11. The second-order valence-corrected chi connectivity index (χ2v) is 6.79. The van der Waals surface area contributed by atoms with E-state index in [-0.39, 0.29) is 31.6 Å². The summed E-state index contributed by atoms with van der Waals surface area (Å²) in [4.78, 5) is 37.6. The molecule has 0 spiro atoms. The second kappa shape index (κ2) is 11.0. The lowest BCUT2D eigenvalue weighted by Gasteiger charge is -2.36. The van der Waals surface area contributed by atoms with Gasteiger partial charge in [0.05, 0.1) is 12.5 Å². The number of terminal acetylenes is 1. The summed E-state index contributed by atoms with van der Waals surface area (Å²) < 4.78 is 10.5. The SMILES string of the molecule is C#CCCNC(=O)[C@@H]1C[C@H](COC(C)=O)CN(C(=O)OCc2ccccc2)C1. The first-order chi connectivity index (χ1) is 13.5. The molecule has 1 fully saturated rings. The van der Waals surface area contributed by atoms with Crippen molar-refractivity contribution in [3.8, 4) is 12.3 Å². The standard InChI is InChI=1S/C21H26N2O5/c1-3-4-10-22-20(25)19-11-18(15-27-16(2)24)12-23(13-19)21(26)28-14-17-8-6-5-7-9-17/h1,5-9,18-19H,4,10-15H2,2H3,(H,22,25)/t18-,19+/m0/s1. The highest BCUT2D eigenvalue weighted by molar-refractivity contribution is 5.80. The number of amides is 2. The third-order valence-corrected chi connectivity index (χ3v) is 4.46. The number of hydrogen-bond acceptors (Lipinski definition) is 5. The first-order valence-electron chi connectivity index (χ1n) is 9.29. The third-order valence-electron chi connectivity index (χ3n) is 4.46. The molecule has 0 radical (unpaired) electrons. The fourth-order valence-corrected chi connectivity index (χ4v) is 3.11. The molecule has 7 heteroatoms. The van der Waals surface area contributed by atoms with E-state index in [2.05, 4.69) is 11.2 Å². The first-order valence-corrected chi connectivity index (χ1v) is 9.29. The van der Waals surface area contributed by atoms with Crippen molar-refractivity contribution in [1.29, 1.82) is 0 Å². The van der Waals surface area contributed by atoms with Crippen LogP contribution in [0.25, 0.3) is 0 Å². The van der Waals surface area contributed by atoms with Gasteiger partial charge >= 0.3 is 12.1 Å². The molecule has 7 nitrogen and oxygen atoms in total. The minimum atomic E-state index is -0.488. The Morgan fingerprint density at radius 1 is 1.21 bits per heavy atom. The molecular weight excluding hydrogens is 360 g/mol. The van der Waals surface area contributed by atoms with E-state index in [4.69, 9.17) is 15.9 Å². The van der Waals surface area contributed by atoms with Gasteiger partial charge in [-0.3, -0.25) is 9.59 Å². The molecule has 1 aromatic rings. The Hall–Kier alpha value is -3.01. The van der Waals surface area contributed by atoms with E-state index in [1.54, 1.807) is 0 Å². The van der Waals surface area contributed by atoms with Gasteiger partial charge in [0.2, 0.25) is 5.91 Å². The largest absolute Gasteiger partial charge is 0.466 e. The molecule has 2 rings (SSSR count). The van der Waals surface area contributed by atoms with E-state index in [1.807, 2.05) is 30.3 Å². The van der Waals surface area contributed by atoms with Crippen molar-refractivity contribution in [2.24, 2.45) is 11.8 Å². The number of nitrogens with zero attached hydrogens (tertiary/aromatic N) is 1. The number of esters is 1. The summed E-state index contributed by atoms with van der Waals surface area (Å²) in [6.45, 7) is 2.66. The summed E-state index contributed by atoms with van der Waals surface area (Å²) in [7, 11) is 0. The predicted molar refractivity (Wildman–Crippen MR) is 103 cm³/mol. The third kappa shape index (κ3) is 6.95. The molecule has 2 amide bonds. The van der Waals surface area contributed by atoms with E-state index in [0.717, 1.165) is 5.56 Å². The first kappa shape index (κ1) is 21.3. The Morgan fingerprint density at radius 2 is 1.96 bits per heavy atom.